The zero-order chi connectivity index (χ0) is 9.54. The molecule has 1 N–H and O–H groups in total. The van der Waals surface area contributed by atoms with Gasteiger partial charge in [0.25, 0.3) is 0 Å². The lowest BCUT2D eigenvalue weighted by Crippen LogP contribution is -1.80. The molecule has 4 heteroatoms. The average molecular weight is 204 g/mol. The third-order valence-electron chi connectivity index (χ3n) is 2.27. The maximum Gasteiger partial charge on any atom is 0.161 e. The van der Waals surface area contributed by atoms with Crippen LogP contribution in [-0.4, -0.2) is 15.2 Å². The highest BCUT2D eigenvalue weighted by Gasteiger charge is 2.07. The van der Waals surface area contributed by atoms with Crippen molar-refractivity contribution < 1.29 is 0 Å². The van der Waals surface area contributed by atoms with Gasteiger partial charge < -0.3 is 4.98 Å². The largest absolute Gasteiger partial charge is 0.353 e. The van der Waals surface area contributed by atoms with Crippen LogP contribution < -0.4 is 0 Å². The molecule has 0 aliphatic heterocycles. The summed E-state index contributed by atoms with van der Waals surface area (Å²) in [6, 6.07) is 7.98. The number of hydrogen-bond acceptors (Lipinski definition) is 2. The molecule has 14 heavy (non-hydrogen) atoms. The molecular formula is C10H6ClN3. The molecule has 0 bridgehead atoms. The summed E-state index contributed by atoms with van der Waals surface area (Å²) in [5.74, 6) is 0. The Bertz CT molecular complexity index is 615. The molecule has 0 amide bonds. The van der Waals surface area contributed by atoms with Gasteiger partial charge in [0.05, 0.1) is 11.7 Å². The van der Waals surface area contributed by atoms with E-state index in [0.29, 0.717) is 5.15 Å². The lowest BCUT2D eigenvalue weighted by atomic mass is 10.2. The van der Waals surface area contributed by atoms with Crippen molar-refractivity contribution in [1.29, 1.82) is 0 Å². The second-order valence-electron chi connectivity index (χ2n) is 3.09. The molecule has 0 fully saturated rings. The van der Waals surface area contributed by atoms with E-state index < -0.39 is 0 Å². The summed E-state index contributed by atoms with van der Waals surface area (Å²) in [4.78, 5) is 3.23. The Labute approximate surface area is 84.7 Å². The predicted molar refractivity (Wildman–Crippen MR) is 56.4 cm³/mol. The molecule has 0 atom stereocenters. The van der Waals surface area contributed by atoms with Gasteiger partial charge >= 0.3 is 0 Å². The fourth-order valence-corrected chi connectivity index (χ4v) is 1.92. The molecule has 0 radical (unpaired) electrons. The van der Waals surface area contributed by atoms with Crippen LogP contribution in [0.5, 0.6) is 0 Å². The molecule has 0 aliphatic rings. The number of H-pyrrole nitrogens is 1. The van der Waals surface area contributed by atoms with Gasteiger partial charge in [0.1, 0.15) is 0 Å². The van der Waals surface area contributed by atoms with Crippen LogP contribution in [0.15, 0.2) is 30.5 Å². The van der Waals surface area contributed by atoms with E-state index in [1.165, 1.54) is 0 Å². The van der Waals surface area contributed by atoms with Gasteiger partial charge in [-0.05, 0) is 6.07 Å². The summed E-state index contributed by atoms with van der Waals surface area (Å²) in [5.41, 5.74) is 1.98. The van der Waals surface area contributed by atoms with Gasteiger partial charge in [0.15, 0.2) is 5.15 Å². The molecule has 0 saturated heterocycles. The quantitative estimate of drug-likeness (QED) is 0.611. The molecule has 68 valence electrons. The van der Waals surface area contributed by atoms with Gasteiger partial charge in [-0.15, -0.1) is 5.10 Å². The van der Waals surface area contributed by atoms with Gasteiger partial charge in [-0.1, -0.05) is 29.8 Å². The summed E-state index contributed by atoms with van der Waals surface area (Å²) >= 11 is 5.98. The van der Waals surface area contributed by atoms with Gasteiger partial charge in [-0.25, -0.2) is 0 Å². The van der Waals surface area contributed by atoms with Gasteiger partial charge in [0, 0.05) is 16.3 Å². The molecular weight excluding hydrogens is 198 g/mol. The van der Waals surface area contributed by atoms with E-state index in [1.807, 2.05) is 24.3 Å². The first kappa shape index (κ1) is 7.76. The van der Waals surface area contributed by atoms with Gasteiger partial charge in [-0.3, -0.25) is 0 Å². The Morgan fingerprint density at radius 1 is 1.14 bits per heavy atom. The summed E-state index contributed by atoms with van der Waals surface area (Å²) in [7, 11) is 0. The number of fused-ring (bicyclic) bond motifs is 3. The number of aromatic amines is 1. The normalized spacial score (nSPS) is 11.2. The van der Waals surface area contributed by atoms with Crippen LogP contribution in [0.2, 0.25) is 5.15 Å². The number of nitrogens with one attached hydrogen (secondary N) is 1. The number of para-hydroxylation sites is 1. The summed E-state index contributed by atoms with van der Waals surface area (Å²) in [6.07, 6.45) is 1.68. The van der Waals surface area contributed by atoms with Crippen molar-refractivity contribution in [3.63, 3.8) is 0 Å². The van der Waals surface area contributed by atoms with E-state index >= 15 is 0 Å². The zero-order valence-electron chi connectivity index (χ0n) is 7.16. The SMILES string of the molecule is Clc1nncc2[nH]c3ccccc3c12. The highest BCUT2D eigenvalue weighted by molar-refractivity contribution is 6.36. The van der Waals surface area contributed by atoms with Crippen molar-refractivity contribution in [1.82, 2.24) is 15.2 Å². The Hall–Kier alpha value is -1.61. The van der Waals surface area contributed by atoms with Crippen LogP contribution in [0, 0.1) is 0 Å². The van der Waals surface area contributed by atoms with Crippen molar-refractivity contribution in [3.8, 4) is 0 Å². The number of hydrogen-bond donors (Lipinski definition) is 1. The molecule has 1 aromatic carbocycles. The monoisotopic (exact) mass is 203 g/mol. The minimum absolute atomic E-state index is 0.444. The van der Waals surface area contributed by atoms with E-state index in [0.717, 1.165) is 21.8 Å². The van der Waals surface area contributed by atoms with Gasteiger partial charge in [-0.2, -0.15) is 5.10 Å². The smallest absolute Gasteiger partial charge is 0.161 e. The maximum absolute atomic E-state index is 5.98. The fourth-order valence-electron chi connectivity index (χ4n) is 1.67. The number of halogens is 1. The second kappa shape index (κ2) is 2.69. The molecule has 0 saturated carbocycles. The van der Waals surface area contributed by atoms with Crippen LogP contribution in [0.3, 0.4) is 0 Å². The molecule has 0 unspecified atom stereocenters. The lowest BCUT2D eigenvalue weighted by molar-refractivity contribution is 1.05. The van der Waals surface area contributed by atoms with Crippen LogP contribution in [-0.2, 0) is 0 Å². The number of benzene rings is 1. The van der Waals surface area contributed by atoms with E-state index in [-0.39, 0.29) is 0 Å². The Morgan fingerprint density at radius 2 is 2.00 bits per heavy atom. The maximum atomic E-state index is 5.98. The third-order valence-corrected chi connectivity index (χ3v) is 2.54. The van der Waals surface area contributed by atoms with Crippen molar-refractivity contribution in [3.05, 3.63) is 35.6 Å². The van der Waals surface area contributed by atoms with Crippen LogP contribution in [0.25, 0.3) is 21.8 Å². The van der Waals surface area contributed by atoms with Gasteiger partial charge in [0.2, 0.25) is 0 Å². The zero-order valence-corrected chi connectivity index (χ0v) is 7.92. The van der Waals surface area contributed by atoms with Crippen molar-refractivity contribution in [2.45, 2.75) is 0 Å². The highest BCUT2D eigenvalue weighted by atomic mass is 35.5. The fraction of sp³-hybridized carbons (Fsp3) is 0. The van der Waals surface area contributed by atoms with Crippen molar-refractivity contribution in [2.75, 3.05) is 0 Å². The van der Waals surface area contributed by atoms with Crippen LogP contribution in [0.4, 0.5) is 0 Å². The first-order valence-corrected chi connectivity index (χ1v) is 4.61. The molecule has 0 aliphatic carbocycles. The molecule has 3 rings (SSSR count). The Balaban J connectivity index is 2.65. The van der Waals surface area contributed by atoms with Crippen LogP contribution in [0.1, 0.15) is 0 Å². The van der Waals surface area contributed by atoms with E-state index in [9.17, 15) is 0 Å². The highest BCUT2D eigenvalue weighted by Crippen LogP contribution is 2.28. The lowest BCUT2D eigenvalue weighted by Gasteiger charge is -1.91. The molecule has 2 heterocycles. The summed E-state index contributed by atoms with van der Waals surface area (Å²) < 4.78 is 0. The average Bonchev–Trinajstić information content (AvgIpc) is 2.57. The summed E-state index contributed by atoms with van der Waals surface area (Å²) in [5, 5.41) is 10.1. The minimum atomic E-state index is 0.444. The van der Waals surface area contributed by atoms with E-state index in [4.69, 9.17) is 11.6 Å². The minimum Gasteiger partial charge on any atom is -0.353 e. The van der Waals surface area contributed by atoms with E-state index in [2.05, 4.69) is 15.2 Å². The third kappa shape index (κ3) is 0.930. The first-order valence-electron chi connectivity index (χ1n) is 4.24. The molecule has 0 spiro atoms. The predicted octanol–water partition coefficient (Wildman–Crippen LogP) is 2.76. The number of rotatable bonds is 0. The van der Waals surface area contributed by atoms with E-state index in [1.54, 1.807) is 6.20 Å². The second-order valence-corrected chi connectivity index (χ2v) is 3.45. The van der Waals surface area contributed by atoms with Crippen molar-refractivity contribution >= 4 is 33.4 Å². The first-order chi connectivity index (χ1) is 6.86. The molecule has 3 aromatic rings. The number of nitrogens with zero attached hydrogens (tertiary/aromatic N) is 2. The Kier molecular flexibility index (Phi) is 1.49. The Morgan fingerprint density at radius 3 is 2.93 bits per heavy atom. The number of aromatic nitrogens is 3. The van der Waals surface area contributed by atoms with Crippen molar-refractivity contribution in [2.24, 2.45) is 0 Å². The summed E-state index contributed by atoms with van der Waals surface area (Å²) in [6.45, 7) is 0. The molecule has 2 aromatic heterocycles. The molecule has 3 nitrogen and oxygen atoms in total. The topological polar surface area (TPSA) is 41.6 Å². The van der Waals surface area contributed by atoms with Crippen LogP contribution >= 0.6 is 11.6 Å². The standard InChI is InChI=1S/C10H6ClN3/c11-10-9-6-3-1-2-4-7(6)13-8(9)5-12-14-10/h1-5,13H.